The lowest BCUT2D eigenvalue weighted by molar-refractivity contribution is -0.645. The van der Waals surface area contributed by atoms with E-state index in [1.165, 1.54) is 33.2 Å². The average Bonchev–Trinajstić information content (AvgIpc) is 2.96. The van der Waals surface area contributed by atoms with Crippen molar-refractivity contribution in [3.05, 3.63) is 49.1 Å². The Bertz CT molecular complexity index is 937. The van der Waals surface area contributed by atoms with E-state index >= 15 is 0 Å². The van der Waals surface area contributed by atoms with E-state index in [0.717, 1.165) is 0 Å². The van der Waals surface area contributed by atoms with E-state index in [1.54, 1.807) is 0 Å². The number of hydrogen-bond acceptors (Lipinski definition) is 0. The smallest absolute Gasteiger partial charge is 0.233 e. The lowest BCUT2D eigenvalue weighted by atomic mass is 10.0. The first-order valence-electron chi connectivity index (χ1n) is 7.44. The molecule has 0 spiro atoms. The van der Waals surface area contributed by atoms with Crippen LogP contribution in [-0.4, -0.2) is 9.13 Å². The molecule has 0 saturated carbocycles. The van der Waals surface area contributed by atoms with Gasteiger partial charge in [-0.25, -0.2) is 18.3 Å². The number of imidazole rings is 2. The molecule has 0 radical (unpaired) electrons. The minimum atomic E-state index is 1.25. The van der Waals surface area contributed by atoms with Crippen molar-refractivity contribution in [2.45, 2.75) is 0 Å². The third-order valence-electron chi connectivity index (χ3n) is 4.50. The van der Waals surface area contributed by atoms with Gasteiger partial charge in [0.1, 0.15) is 0 Å². The number of aromatic nitrogens is 4. The summed E-state index contributed by atoms with van der Waals surface area (Å²) in [5.74, 6) is 0. The molecule has 2 heterocycles. The first-order valence-corrected chi connectivity index (χ1v) is 7.44. The van der Waals surface area contributed by atoms with Gasteiger partial charge in [0.05, 0.1) is 28.2 Å². The molecule has 2 aromatic heterocycles. The van der Waals surface area contributed by atoms with Gasteiger partial charge in [-0.3, -0.25) is 0 Å². The number of nitrogens with zero attached hydrogens (tertiary/aromatic N) is 4. The van der Waals surface area contributed by atoms with E-state index in [4.69, 9.17) is 0 Å². The van der Waals surface area contributed by atoms with Gasteiger partial charge in [-0.1, -0.05) is 0 Å². The van der Waals surface area contributed by atoms with E-state index in [9.17, 15) is 0 Å². The summed E-state index contributed by atoms with van der Waals surface area (Å²) in [6.07, 6.45) is 4.21. The predicted octanol–water partition coefficient (Wildman–Crippen LogP) is 1.99. The molecule has 0 atom stereocenters. The molecule has 0 aliphatic heterocycles. The largest absolute Gasteiger partial charge is 0.244 e. The molecule has 0 aliphatic rings. The van der Waals surface area contributed by atoms with Gasteiger partial charge in [0.2, 0.25) is 12.7 Å². The standard InChI is InChI=1S/C18H20N4/c1-19-11-21(3)17-9-13(5-7-15(17)19)14-6-8-16-18(10-14)22(4)12-20(16)2/h5-12H,1-4H3/q+2. The highest BCUT2D eigenvalue weighted by Crippen LogP contribution is 2.25. The van der Waals surface area contributed by atoms with Crippen molar-refractivity contribution in [2.75, 3.05) is 0 Å². The van der Waals surface area contributed by atoms with Gasteiger partial charge in [-0.15, -0.1) is 0 Å². The van der Waals surface area contributed by atoms with Gasteiger partial charge in [-0.05, 0) is 47.5 Å². The summed E-state index contributed by atoms with van der Waals surface area (Å²) in [6, 6.07) is 13.3. The maximum Gasteiger partial charge on any atom is 0.244 e. The van der Waals surface area contributed by atoms with Gasteiger partial charge in [0.25, 0.3) is 0 Å². The summed E-state index contributed by atoms with van der Waals surface area (Å²) in [5.41, 5.74) is 7.49. The lowest BCUT2D eigenvalue weighted by Gasteiger charge is -2.01. The fourth-order valence-electron chi connectivity index (χ4n) is 3.34. The minimum absolute atomic E-state index is 1.25. The van der Waals surface area contributed by atoms with Gasteiger partial charge >= 0.3 is 0 Å². The Morgan fingerprint density at radius 3 is 1.50 bits per heavy atom. The van der Waals surface area contributed by atoms with Crippen LogP contribution in [0.1, 0.15) is 0 Å². The molecule has 22 heavy (non-hydrogen) atoms. The summed E-state index contributed by atoms with van der Waals surface area (Å²) in [7, 11) is 8.34. The Balaban J connectivity index is 1.94. The average molecular weight is 292 g/mol. The second-order valence-corrected chi connectivity index (χ2v) is 6.08. The Hall–Kier alpha value is -2.62. The molecule has 0 unspecified atom stereocenters. The van der Waals surface area contributed by atoms with Crippen molar-refractivity contribution in [1.82, 2.24) is 9.13 Å². The first kappa shape index (κ1) is 13.1. The number of benzene rings is 2. The minimum Gasteiger partial charge on any atom is -0.233 e. The van der Waals surface area contributed by atoms with Gasteiger partial charge in [0.15, 0.2) is 22.1 Å². The van der Waals surface area contributed by atoms with Crippen molar-refractivity contribution in [3.8, 4) is 11.1 Å². The first-order chi connectivity index (χ1) is 10.5. The highest BCUT2D eigenvalue weighted by molar-refractivity contribution is 5.84. The van der Waals surface area contributed by atoms with E-state index in [2.05, 4.69) is 95.5 Å². The Morgan fingerprint density at radius 2 is 1.09 bits per heavy atom. The molecule has 4 rings (SSSR count). The monoisotopic (exact) mass is 292 g/mol. The second kappa shape index (κ2) is 4.44. The molecule has 0 aliphatic carbocycles. The predicted molar refractivity (Wildman–Crippen MR) is 87.2 cm³/mol. The summed E-state index contributed by atoms with van der Waals surface area (Å²) >= 11 is 0. The molecule has 110 valence electrons. The third-order valence-corrected chi connectivity index (χ3v) is 4.50. The molecule has 0 N–H and O–H groups in total. The van der Waals surface area contributed by atoms with Crippen LogP contribution in [0.2, 0.25) is 0 Å². The molecule has 0 saturated heterocycles. The molecular formula is C18H20N4+2. The Kier molecular flexibility index (Phi) is 2.64. The van der Waals surface area contributed by atoms with E-state index < -0.39 is 0 Å². The zero-order chi connectivity index (χ0) is 15.4. The Morgan fingerprint density at radius 1 is 0.682 bits per heavy atom. The topological polar surface area (TPSA) is 17.6 Å². The van der Waals surface area contributed by atoms with E-state index in [-0.39, 0.29) is 0 Å². The summed E-state index contributed by atoms with van der Waals surface area (Å²) in [5, 5.41) is 0. The maximum absolute atomic E-state index is 2.26. The molecule has 4 heteroatoms. The van der Waals surface area contributed by atoms with Crippen LogP contribution in [0.3, 0.4) is 0 Å². The molecule has 2 aromatic carbocycles. The van der Waals surface area contributed by atoms with Gasteiger partial charge in [-0.2, -0.15) is 0 Å². The zero-order valence-electron chi connectivity index (χ0n) is 13.4. The van der Waals surface area contributed by atoms with Crippen LogP contribution < -0.4 is 9.13 Å². The van der Waals surface area contributed by atoms with Crippen molar-refractivity contribution >= 4 is 22.1 Å². The summed E-state index contributed by atoms with van der Waals surface area (Å²) < 4.78 is 8.64. The van der Waals surface area contributed by atoms with Gasteiger partial charge < -0.3 is 0 Å². The molecule has 0 bridgehead atoms. The van der Waals surface area contributed by atoms with Crippen LogP contribution in [0, 0.1) is 0 Å². The zero-order valence-corrected chi connectivity index (χ0v) is 13.4. The van der Waals surface area contributed by atoms with Crippen LogP contribution in [0.4, 0.5) is 0 Å². The van der Waals surface area contributed by atoms with E-state index in [1.807, 2.05) is 0 Å². The van der Waals surface area contributed by atoms with Crippen LogP contribution in [0.25, 0.3) is 33.2 Å². The number of hydrogen-bond donors (Lipinski definition) is 0. The van der Waals surface area contributed by atoms with Crippen molar-refractivity contribution in [2.24, 2.45) is 28.2 Å². The molecule has 0 amide bonds. The number of rotatable bonds is 1. The maximum atomic E-state index is 2.26. The molecule has 4 nitrogen and oxygen atoms in total. The van der Waals surface area contributed by atoms with Crippen LogP contribution in [-0.2, 0) is 28.2 Å². The lowest BCUT2D eigenvalue weighted by Crippen LogP contribution is -2.25. The molecule has 0 fully saturated rings. The quantitative estimate of drug-likeness (QED) is 0.478. The van der Waals surface area contributed by atoms with Crippen LogP contribution >= 0.6 is 0 Å². The SMILES string of the molecule is Cn1c[n+](C)c2ccc(-c3ccc4c(c3)n(C)c[n+]4C)cc21. The fraction of sp³-hybridized carbons (Fsp3) is 0.222. The van der Waals surface area contributed by atoms with Crippen molar-refractivity contribution < 1.29 is 9.13 Å². The summed E-state index contributed by atoms with van der Waals surface area (Å²) in [4.78, 5) is 0. The normalized spacial score (nSPS) is 11.6. The number of fused-ring (bicyclic) bond motifs is 2. The molecular weight excluding hydrogens is 272 g/mol. The highest BCUT2D eigenvalue weighted by atomic mass is 15.1. The van der Waals surface area contributed by atoms with E-state index in [0.29, 0.717) is 0 Å². The van der Waals surface area contributed by atoms with Crippen LogP contribution in [0.15, 0.2) is 49.1 Å². The molecule has 4 aromatic rings. The van der Waals surface area contributed by atoms with Crippen molar-refractivity contribution in [1.29, 1.82) is 0 Å². The fourth-order valence-corrected chi connectivity index (χ4v) is 3.34. The Labute approximate surface area is 129 Å². The highest BCUT2D eigenvalue weighted by Gasteiger charge is 2.14. The van der Waals surface area contributed by atoms with Gasteiger partial charge in [0, 0.05) is 0 Å². The van der Waals surface area contributed by atoms with Crippen molar-refractivity contribution in [3.63, 3.8) is 0 Å². The summed E-state index contributed by atoms with van der Waals surface area (Å²) in [6.45, 7) is 0. The van der Waals surface area contributed by atoms with Crippen LogP contribution in [0.5, 0.6) is 0 Å². The second-order valence-electron chi connectivity index (χ2n) is 6.08. The third kappa shape index (κ3) is 1.77. The number of aryl methyl sites for hydroxylation is 4.